The molecule has 2 aromatic carbocycles. The lowest BCUT2D eigenvalue weighted by Crippen LogP contribution is -2.42. The summed E-state index contributed by atoms with van der Waals surface area (Å²) in [7, 11) is 3.06. The molecule has 1 unspecified atom stereocenters. The monoisotopic (exact) mass is 489 g/mol. The number of aromatic nitrogens is 1. The van der Waals surface area contributed by atoms with Crippen LogP contribution in [-0.4, -0.2) is 37.3 Å². The van der Waals surface area contributed by atoms with E-state index >= 15 is 0 Å². The molecule has 0 bridgehead atoms. The number of rotatable bonds is 4. The Morgan fingerprint density at radius 3 is 2.63 bits per heavy atom. The Bertz CT molecular complexity index is 1600. The van der Waals surface area contributed by atoms with Gasteiger partial charge in [-0.2, -0.15) is 0 Å². The highest BCUT2D eigenvalue weighted by atomic mass is 32.1. The van der Waals surface area contributed by atoms with Crippen molar-refractivity contribution in [1.29, 1.82) is 0 Å². The van der Waals surface area contributed by atoms with E-state index in [1.807, 2.05) is 48.5 Å². The third-order valence-electron chi connectivity index (χ3n) is 5.96. The fourth-order valence-electron chi connectivity index (χ4n) is 4.46. The number of carbonyl (C=O) groups is 1. The van der Waals surface area contributed by atoms with Crippen LogP contribution in [0.4, 0.5) is 5.69 Å². The van der Waals surface area contributed by atoms with Crippen LogP contribution in [0.15, 0.2) is 63.9 Å². The molecule has 8 nitrogen and oxygen atoms in total. The molecule has 2 N–H and O–H groups in total. The number of benzene rings is 2. The van der Waals surface area contributed by atoms with Gasteiger partial charge in [-0.3, -0.25) is 9.36 Å². The average molecular weight is 490 g/mol. The average Bonchev–Trinajstić information content (AvgIpc) is 3.19. The van der Waals surface area contributed by atoms with Gasteiger partial charge in [0.15, 0.2) is 0 Å². The lowest BCUT2D eigenvalue weighted by atomic mass is 9.80. The summed E-state index contributed by atoms with van der Waals surface area (Å²) in [5, 5.41) is 0. The summed E-state index contributed by atoms with van der Waals surface area (Å²) in [5.41, 5.74) is 9.24. The van der Waals surface area contributed by atoms with E-state index in [1.165, 1.54) is 23.0 Å². The molecule has 0 radical (unpaired) electrons. The quantitative estimate of drug-likeness (QED) is 0.563. The molecule has 0 saturated heterocycles. The van der Waals surface area contributed by atoms with Gasteiger partial charge in [-0.15, -0.1) is 11.3 Å². The van der Waals surface area contributed by atoms with Gasteiger partial charge in [0.1, 0.15) is 16.2 Å². The van der Waals surface area contributed by atoms with Crippen LogP contribution >= 0.6 is 11.3 Å². The fraction of sp³-hybridized carbons (Fsp3) is 0.192. The van der Waals surface area contributed by atoms with E-state index in [1.54, 1.807) is 20.1 Å². The molecule has 0 aliphatic carbocycles. The molecule has 2 aliphatic heterocycles. The number of carbonyl (C=O) groups excluding carboxylic acids is 1. The molecule has 3 aromatic rings. The molecular weight excluding hydrogens is 466 g/mol. The predicted molar refractivity (Wildman–Crippen MR) is 135 cm³/mol. The Morgan fingerprint density at radius 1 is 1.14 bits per heavy atom. The number of thiazole rings is 1. The van der Waals surface area contributed by atoms with Crippen molar-refractivity contribution >= 4 is 46.4 Å². The zero-order valence-corrected chi connectivity index (χ0v) is 20.2. The van der Waals surface area contributed by atoms with Crippen molar-refractivity contribution in [3.05, 3.63) is 84.8 Å². The third kappa shape index (κ3) is 3.55. The molecule has 5 rings (SSSR count). The van der Waals surface area contributed by atoms with Crippen LogP contribution in [0.2, 0.25) is 0 Å². The second-order valence-electron chi connectivity index (χ2n) is 7.84. The summed E-state index contributed by atoms with van der Waals surface area (Å²) in [6, 6.07) is 14.9. The summed E-state index contributed by atoms with van der Waals surface area (Å²) in [6.07, 6.45) is 1.74. The number of fused-ring (bicyclic) bond motifs is 4. The first kappa shape index (κ1) is 22.7. The summed E-state index contributed by atoms with van der Waals surface area (Å²) < 4.78 is 18.6. The van der Waals surface area contributed by atoms with E-state index in [0.717, 1.165) is 11.1 Å². The molecular formula is C26H23N3O5S. The number of nitrogens with zero attached hydrogens (tertiary/aromatic N) is 2. The third-order valence-corrected chi connectivity index (χ3v) is 7.07. The zero-order chi connectivity index (χ0) is 24.7. The van der Waals surface area contributed by atoms with E-state index in [2.05, 4.69) is 4.99 Å². The van der Waals surface area contributed by atoms with Gasteiger partial charge in [0, 0.05) is 5.56 Å². The van der Waals surface area contributed by atoms with Gasteiger partial charge in [-0.25, -0.2) is 9.79 Å². The number of hydrogen-bond donors (Lipinski definition) is 1. The topological polar surface area (TPSA) is 105 Å². The standard InChI is InChI=1S/C26H23N3O5S/c1-4-34-26(31)21-19-15-10-6-7-11-16(15)28-23(33-3)20(19)22(27)29-24(30)18(35-25(21)29)13-14-9-5-8-12-17(14)32-2/h5-13,19H,4,27H2,1-3H3. The van der Waals surface area contributed by atoms with Crippen molar-refractivity contribution in [1.82, 2.24) is 4.57 Å². The van der Waals surface area contributed by atoms with E-state index < -0.39 is 11.9 Å². The number of para-hydroxylation sites is 2. The molecule has 35 heavy (non-hydrogen) atoms. The van der Waals surface area contributed by atoms with Gasteiger partial charge in [0.05, 0.1) is 48.1 Å². The number of esters is 1. The Hall–Kier alpha value is -4.11. The second-order valence-corrected chi connectivity index (χ2v) is 8.87. The Kier molecular flexibility index (Phi) is 5.78. The molecule has 0 spiro atoms. The minimum absolute atomic E-state index is 0.175. The summed E-state index contributed by atoms with van der Waals surface area (Å²) in [5.74, 6) is -0.0509. The molecule has 0 saturated carbocycles. The molecule has 9 heteroatoms. The van der Waals surface area contributed by atoms with E-state index in [9.17, 15) is 9.59 Å². The number of nitrogens with two attached hydrogens (primary N) is 1. The van der Waals surface area contributed by atoms with Crippen molar-refractivity contribution in [2.75, 3.05) is 20.8 Å². The molecule has 1 aromatic heterocycles. The normalized spacial score (nSPS) is 16.8. The molecule has 2 aliphatic rings. The maximum absolute atomic E-state index is 13.6. The zero-order valence-electron chi connectivity index (χ0n) is 19.4. The Balaban J connectivity index is 1.89. The van der Waals surface area contributed by atoms with Crippen LogP contribution in [-0.2, 0) is 14.3 Å². The van der Waals surface area contributed by atoms with Gasteiger partial charge in [0.25, 0.3) is 5.56 Å². The van der Waals surface area contributed by atoms with Gasteiger partial charge in [0.2, 0.25) is 5.90 Å². The number of aliphatic imine (C=N–C) groups is 1. The minimum atomic E-state index is -0.588. The van der Waals surface area contributed by atoms with Crippen molar-refractivity contribution in [2.24, 2.45) is 10.7 Å². The number of ether oxygens (including phenoxy) is 3. The first-order valence-corrected chi connectivity index (χ1v) is 11.8. The molecule has 0 fully saturated rings. The number of hydrogen-bond acceptors (Lipinski definition) is 8. The highest BCUT2D eigenvalue weighted by Crippen LogP contribution is 2.45. The molecule has 178 valence electrons. The predicted octanol–water partition coefficient (Wildman–Crippen LogP) is 2.08. The minimum Gasteiger partial charge on any atom is -0.496 e. The van der Waals surface area contributed by atoms with E-state index in [-0.39, 0.29) is 23.9 Å². The van der Waals surface area contributed by atoms with Crippen LogP contribution in [0.1, 0.15) is 24.0 Å². The SMILES string of the molecule is CCOC(=O)C1=c2sc(=Cc3ccccc3OC)c(=O)n2C(N)=C2C(OC)=Nc3ccccc3C21. The highest BCUT2D eigenvalue weighted by Gasteiger charge is 2.41. The maximum Gasteiger partial charge on any atom is 0.337 e. The molecule has 0 amide bonds. The van der Waals surface area contributed by atoms with Crippen molar-refractivity contribution in [2.45, 2.75) is 12.8 Å². The number of methoxy groups -OCH3 is 2. The van der Waals surface area contributed by atoms with Crippen LogP contribution in [0.3, 0.4) is 0 Å². The summed E-state index contributed by atoms with van der Waals surface area (Å²) in [4.78, 5) is 31.6. The van der Waals surface area contributed by atoms with Crippen LogP contribution in [0.25, 0.3) is 17.5 Å². The summed E-state index contributed by atoms with van der Waals surface area (Å²) >= 11 is 1.19. The second kappa shape index (κ2) is 8.92. The summed E-state index contributed by atoms with van der Waals surface area (Å²) in [6.45, 7) is 1.93. The lowest BCUT2D eigenvalue weighted by molar-refractivity contribution is -0.136. The first-order valence-electron chi connectivity index (χ1n) is 11.0. The van der Waals surface area contributed by atoms with E-state index in [0.29, 0.717) is 31.8 Å². The Morgan fingerprint density at radius 2 is 1.89 bits per heavy atom. The van der Waals surface area contributed by atoms with Crippen LogP contribution < -0.4 is 25.2 Å². The van der Waals surface area contributed by atoms with Crippen molar-refractivity contribution < 1.29 is 19.0 Å². The van der Waals surface area contributed by atoms with Gasteiger partial charge in [-0.05, 0) is 30.7 Å². The van der Waals surface area contributed by atoms with Crippen LogP contribution in [0, 0.1) is 0 Å². The first-order chi connectivity index (χ1) is 17.0. The largest absolute Gasteiger partial charge is 0.496 e. The molecule has 3 heterocycles. The highest BCUT2D eigenvalue weighted by molar-refractivity contribution is 7.07. The van der Waals surface area contributed by atoms with Gasteiger partial charge in [-0.1, -0.05) is 36.4 Å². The van der Waals surface area contributed by atoms with Crippen molar-refractivity contribution in [3.63, 3.8) is 0 Å². The van der Waals surface area contributed by atoms with Gasteiger partial charge >= 0.3 is 5.97 Å². The molecule has 1 atom stereocenters. The van der Waals surface area contributed by atoms with Crippen molar-refractivity contribution in [3.8, 4) is 5.75 Å². The smallest absolute Gasteiger partial charge is 0.337 e. The Labute approximate surface area is 204 Å². The lowest BCUT2D eigenvalue weighted by Gasteiger charge is -2.31. The van der Waals surface area contributed by atoms with Gasteiger partial charge < -0.3 is 19.9 Å². The van der Waals surface area contributed by atoms with E-state index in [4.69, 9.17) is 19.9 Å². The maximum atomic E-state index is 13.6. The van der Waals surface area contributed by atoms with Crippen LogP contribution in [0.5, 0.6) is 5.75 Å². The fourth-order valence-corrected chi connectivity index (χ4v) is 5.62.